The zero-order chi connectivity index (χ0) is 13.7. The number of hydrogen-bond acceptors (Lipinski definition) is 5. The molecule has 0 aromatic carbocycles. The van der Waals surface area contributed by atoms with Crippen LogP contribution >= 0.6 is 12.4 Å². The number of hydrogen-bond donors (Lipinski definition) is 2. The van der Waals surface area contributed by atoms with Crippen LogP contribution in [0.2, 0.25) is 0 Å². The molecule has 2 heterocycles. The molecule has 6 nitrogen and oxygen atoms in total. The molecule has 0 aliphatic carbocycles. The first-order valence-electron chi connectivity index (χ1n) is 6.19. The Kier molecular flexibility index (Phi) is 6.36. The van der Waals surface area contributed by atoms with E-state index in [2.05, 4.69) is 15.0 Å². The Morgan fingerprint density at radius 2 is 2.35 bits per heavy atom. The Morgan fingerprint density at radius 3 is 3.00 bits per heavy atom. The molecule has 1 fully saturated rings. The Balaban J connectivity index is 0.00000200. The van der Waals surface area contributed by atoms with Gasteiger partial charge in [0.25, 0.3) is 10.0 Å². The van der Waals surface area contributed by atoms with E-state index in [9.17, 15) is 8.42 Å². The molecule has 1 aromatic rings. The molecule has 0 radical (unpaired) electrons. The highest BCUT2D eigenvalue weighted by Crippen LogP contribution is 2.13. The van der Waals surface area contributed by atoms with E-state index in [1.165, 1.54) is 12.3 Å². The summed E-state index contributed by atoms with van der Waals surface area (Å²) in [6.07, 6.45) is 3.43. The number of nitrogens with zero attached hydrogens (tertiary/aromatic N) is 2. The molecule has 20 heavy (non-hydrogen) atoms. The van der Waals surface area contributed by atoms with Gasteiger partial charge in [-0.15, -0.1) is 12.4 Å². The van der Waals surface area contributed by atoms with Gasteiger partial charge >= 0.3 is 0 Å². The number of nitrogens with one attached hydrogen (secondary N) is 2. The Bertz CT molecular complexity index is 579. The summed E-state index contributed by atoms with van der Waals surface area (Å²) in [4.78, 5) is 3.80. The normalized spacial score (nSPS) is 18.9. The topological polar surface area (TPSA) is 94.9 Å². The molecule has 1 aliphatic rings. The summed E-state index contributed by atoms with van der Waals surface area (Å²) < 4.78 is 26.8. The highest BCUT2D eigenvalue weighted by molar-refractivity contribution is 7.89. The van der Waals surface area contributed by atoms with Gasteiger partial charge in [-0.1, -0.05) is 0 Å². The van der Waals surface area contributed by atoms with Crippen molar-refractivity contribution < 1.29 is 8.42 Å². The van der Waals surface area contributed by atoms with Crippen molar-refractivity contribution in [1.29, 1.82) is 5.26 Å². The second kappa shape index (κ2) is 7.55. The summed E-state index contributed by atoms with van der Waals surface area (Å²) in [5.74, 6) is 0.290. The summed E-state index contributed by atoms with van der Waals surface area (Å²) in [6.45, 7) is 2.18. The van der Waals surface area contributed by atoms with Gasteiger partial charge < -0.3 is 5.32 Å². The number of rotatable bonds is 4. The summed E-state index contributed by atoms with van der Waals surface area (Å²) in [5.41, 5.74) is 0.0665. The molecule has 110 valence electrons. The van der Waals surface area contributed by atoms with Crippen molar-refractivity contribution in [1.82, 2.24) is 15.0 Å². The zero-order valence-corrected chi connectivity index (χ0v) is 12.5. The number of halogens is 1. The molecular weight excluding hydrogens is 300 g/mol. The van der Waals surface area contributed by atoms with Gasteiger partial charge in [-0.3, -0.25) is 0 Å². The van der Waals surface area contributed by atoms with E-state index in [0.29, 0.717) is 6.54 Å². The first kappa shape index (κ1) is 16.9. The fourth-order valence-electron chi connectivity index (χ4n) is 2.08. The monoisotopic (exact) mass is 316 g/mol. The van der Waals surface area contributed by atoms with Crippen LogP contribution in [0, 0.1) is 17.2 Å². The number of sulfonamides is 1. The van der Waals surface area contributed by atoms with Gasteiger partial charge in [-0.2, -0.15) is 5.26 Å². The van der Waals surface area contributed by atoms with Gasteiger partial charge in [0.2, 0.25) is 0 Å². The molecule has 8 heteroatoms. The van der Waals surface area contributed by atoms with Crippen LogP contribution < -0.4 is 10.0 Å². The van der Waals surface area contributed by atoms with Gasteiger partial charge in [-0.25, -0.2) is 18.1 Å². The maximum atomic E-state index is 12.1. The van der Waals surface area contributed by atoms with E-state index in [4.69, 9.17) is 5.26 Å². The lowest BCUT2D eigenvalue weighted by Gasteiger charge is -2.22. The minimum absolute atomic E-state index is 0. The lowest BCUT2D eigenvalue weighted by atomic mass is 10.0. The second-order valence-corrected chi connectivity index (χ2v) is 6.21. The number of nitriles is 1. The van der Waals surface area contributed by atoms with Crippen LogP contribution in [0.3, 0.4) is 0 Å². The van der Waals surface area contributed by atoms with Crippen molar-refractivity contribution in [3.63, 3.8) is 0 Å². The summed E-state index contributed by atoms with van der Waals surface area (Å²) >= 11 is 0. The molecule has 0 amide bonds. The van der Waals surface area contributed by atoms with Gasteiger partial charge in [0.05, 0.1) is 5.56 Å². The highest BCUT2D eigenvalue weighted by Gasteiger charge is 2.22. The van der Waals surface area contributed by atoms with E-state index < -0.39 is 10.0 Å². The first-order valence-corrected chi connectivity index (χ1v) is 7.67. The van der Waals surface area contributed by atoms with Crippen LogP contribution in [-0.4, -0.2) is 33.0 Å². The van der Waals surface area contributed by atoms with E-state index in [1.54, 1.807) is 6.07 Å². The molecule has 0 bridgehead atoms. The molecule has 1 aromatic heterocycles. The van der Waals surface area contributed by atoms with E-state index in [-0.39, 0.29) is 28.9 Å². The van der Waals surface area contributed by atoms with Gasteiger partial charge in [0.1, 0.15) is 6.07 Å². The van der Waals surface area contributed by atoms with Crippen molar-refractivity contribution >= 4 is 22.4 Å². The van der Waals surface area contributed by atoms with Crippen molar-refractivity contribution in [2.75, 3.05) is 19.6 Å². The fourth-order valence-corrected chi connectivity index (χ4v) is 3.28. The van der Waals surface area contributed by atoms with Gasteiger partial charge in [0.15, 0.2) is 5.03 Å². The van der Waals surface area contributed by atoms with Gasteiger partial charge in [0, 0.05) is 12.7 Å². The molecule has 1 unspecified atom stereocenters. The number of pyridine rings is 1. The van der Waals surface area contributed by atoms with Crippen molar-refractivity contribution in [3.8, 4) is 6.07 Å². The maximum absolute atomic E-state index is 12.1. The summed E-state index contributed by atoms with van der Waals surface area (Å²) in [5, 5.41) is 11.9. The number of aromatic nitrogens is 1. The quantitative estimate of drug-likeness (QED) is 0.850. The molecule has 0 spiro atoms. The smallest absolute Gasteiger partial charge is 0.259 e. The van der Waals surface area contributed by atoms with Crippen LogP contribution in [0.15, 0.2) is 23.4 Å². The maximum Gasteiger partial charge on any atom is 0.259 e. The molecule has 1 aliphatic heterocycles. The molecular formula is C12H17ClN4O2S. The summed E-state index contributed by atoms with van der Waals surface area (Å²) in [7, 11) is -3.71. The molecule has 1 atom stereocenters. The molecule has 2 rings (SSSR count). The Labute approximate surface area is 125 Å². The lowest BCUT2D eigenvalue weighted by Crippen LogP contribution is -2.38. The third-order valence-electron chi connectivity index (χ3n) is 3.11. The third-order valence-corrected chi connectivity index (χ3v) is 4.49. The largest absolute Gasteiger partial charge is 0.316 e. The molecule has 0 saturated carbocycles. The Morgan fingerprint density at radius 1 is 1.55 bits per heavy atom. The standard InChI is InChI=1S/C12H16N4O2S.ClH/c13-7-11-4-2-6-15-12(11)19(17,18)16-9-10-3-1-5-14-8-10;/h2,4,6,10,14,16H,1,3,5,8-9H2;1H. The first-order chi connectivity index (χ1) is 9.13. The van der Waals surface area contributed by atoms with E-state index in [0.717, 1.165) is 25.9 Å². The van der Waals surface area contributed by atoms with Crippen LogP contribution in [0.25, 0.3) is 0 Å². The Hall–Kier alpha value is -1.20. The van der Waals surface area contributed by atoms with Gasteiger partial charge in [-0.05, 0) is 44.0 Å². The average molecular weight is 317 g/mol. The van der Waals surface area contributed by atoms with E-state index >= 15 is 0 Å². The van der Waals surface area contributed by atoms with Crippen molar-refractivity contribution in [2.45, 2.75) is 17.9 Å². The van der Waals surface area contributed by atoms with Crippen molar-refractivity contribution in [2.24, 2.45) is 5.92 Å². The lowest BCUT2D eigenvalue weighted by molar-refractivity contribution is 0.375. The van der Waals surface area contributed by atoms with E-state index in [1.807, 2.05) is 6.07 Å². The molecule has 2 N–H and O–H groups in total. The number of piperidine rings is 1. The minimum Gasteiger partial charge on any atom is -0.316 e. The molecule has 1 saturated heterocycles. The van der Waals surface area contributed by atoms with Crippen LogP contribution in [0.5, 0.6) is 0 Å². The van der Waals surface area contributed by atoms with Crippen LogP contribution in [-0.2, 0) is 10.0 Å². The fraction of sp³-hybridized carbons (Fsp3) is 0.500. The predicted molar refractivity (Wildman–Crippen MR) is 77.0 cm³/mol. The van der Waals surface area contributed by atoms with Crippen molar-refractivity contribution in [3.05, 3.63) is 23.9 Å². The van der Waals surface area contributed by atoms with Crippen LogP contribution in [0.4, 0.5) is 0 Å². The predicted octanol–water partition coefficient (Wildman–Crippen LogP) is 0.653. The van der Waals surface area contributed by atoms with Crippen LogP contribution in [0.1, 0.15) is 18.4 Å². The average Bonchev–Trinajstić information content (AvgIpc) is 2.46. The third kappa shape index (κ3) is 4.15. The second-order valence-electron chi connectivity index (χ2n) is 4.53. The minimum atomic E-state index is -3.71. The summed E-state index contributed by atoms with van der Waals surface area (Å²) in [6, 6.07) is 4.84. The highest BCUT2D eigenvalue weighted by atomic mass is 35.5. The SMILES string of the molecule is Cl.N#Cc1cccnc1S(=O)(=O)NCC1CCCNC1. The zero-order valence-electron chi connectivity index (χ0n) is 10.9.